The summed E-state index contributed by atoms with van der Waals surface area (Å²) in [5.74, 6) is 0.0359. The number of hydrogen-bond acceptors (Lipinski definition) is 5. The molecule has 2 N–H and O–H groups in total. The Hall–Kier alpha value is -1.93. The third kappa shape index (κ3) is 6.02. The maximum absolute atomic E-state index is 12.6. The van der Waals surface area contributed by atoms with Crippen molar-refractivity contribution in [2.75, 3.05) is 45.2 Å². The summed E-state index contributed by atoms with van der Waals surface area (Å²) in [6.07, 6.45) is 2.79. The third-order valence-corrected chi connectivity index (χ3v) is 6.45. The number of carbonyl (C=O) groups excluding carboxylic acids is 3. The largest absolute Gasteiger partial charge is 0.462 e. The van der Waals surface area contributed by atoms with Crippen LogP contribution in [0.4, 0.5) is 5.00 Å². The topological polar surface area (TPSA) is 80.1 Å². The van der Waals surface area contributed by atoms with Crippen LogP contribution in [0.2, 0.25) is 0 Å². The van der Waals surface area contributed by atoms with E-state index in [2.05, 4.69) is 12.2 Å². The van der Waals surface area contributed by atoms with Crippen LogP contribution in [0, 0.1) is 5.92 Å². The van der Waals surface area contributed by atoms with Gasteiger partial charge in [-0.3, -0.25) is 9.59 Å². The number of rotatable bonds is 9. The molecule has 1 aromatic heterocycles. The highest BCUT2D eigenvalue weighted by atomic mass is 32.1. The zero-order chi connectivity index (χ0) is 21.6. The standard InChI is InChI=1S/C21H33N3O4S/c1-6-24(7-2)18(26)13-23(5)12-17(25)22-20-19(21(27)28-8-3)15-10-9-14(4)11-16(15)29-20/h14H,6-13H2,1-5H3,(H,22,25)/p+1/t14-/m1/s1. The van der Waals surface area contributed by atoms with Gasteiger partial charge in [0.15, 0.2) is 13.1 Å². The van der Waals surface area contributed by atoms with Crippen LogP contribution in [-0.4, -0.2) is 62.5 Å². The first kappa shape index (κ1) is 23.3. The number of fused-ring (bicyclic) bond motifs is 1. The Morgan fingerprint density at radius 2 is 1.90 bits per heavy atom. The summed E-state index contributed by atoms with van der Waals surface area (Å²) in [6.45, 7) is 9.92. The van der Waals surface area contributed by atoms with Gasteiger partial charge in [0.25, 0.3) is 11.8 Å². The van der Waals surface area contributed by atoms with E-state index in [1.807, 2.05) is 20.9 Å². The van der Waals surface area contributed by atoms with Gasteiger partial charge in [0.05, 0.1) is 19.2 Å². The summed E-state index contributed by atoms with van der Waals surface area (Å²) in [4.78, 5) is 41.2. The fourth-order valence-electron chi connectivity index (χ4n) is 3.71. The number of likely N-dealkylation sites (N-methyl/N-ethyl adjacent to an activating group) is 2. The molecule has 29 heavy (non-hydrogen) atoms. The van der Waals surface area contributed by atoms with E-state index in [0.717, 1.165) is 29.7 Å². The van der Waals surface area contributed by atoms with Gasteiger partial charge in [-0.2, -0.15) is 0 Å². The number of nitrogens with one attached hydrogen (secondary N) is 2. The van der Waals surface area contributed by atoms with Crippen molar-refractivity contribution in [1.82, 2.24) is 4.90 Å². The molecule has 0 spiro atoms. The molecule has 0 aromatic carbocycles. The number of quaternary nitrogens is 1. The van der Waals surface area contributed by atoms with E-state index in [1.165, 1.54) is 16.2 Å². The van der Waals surface area contributed by atoms with Gasteiger partial charge in [-0.25, -0.2) is 4.79 Å². The molecule has 1 aliphatic rings. The SMILES string of the molecule is CCOC(=O)c1c(NC(=O)C[NH+](C)CC(=O)N(CC)CC)sc2c1CC[C@@H](C)C2. The lowest BCUT2D eigenvalue weighted by Crippen LogP contribution is -3.11. The first-order valence-electron chi connectivity index (χ1n) is 10.5. The molecule has 162 valence electrons. The first-order chi connectivity index (χ1) is 13.8. The Balaban J connectivity index is 2.09. The quantitative estimate of drug-likeness (QED) is 0.587. The lowest BCUT2D eigenvalue weighted by Gasteiger charge is -2.20. The van der Waals surface area contributed by atoms with Gasteiger partial charge in [-0.15, -0.1) is 11.3 Å². The molecular formula is C21H34N3O4S+. The number of carbonyl (C=O) groups is 3. The Morgan fingerprint density at radius 1 is 1.21 bits per heavy atom. The summed E-state index contributed by atoms with van der Waals surface area (Å²) in [6, 6.07) is 0. The van der Waals surface area contributed by atoms with Crippen LogP contribution < -0.4 is 10.2 Å². The number of thiophene rings is 1. The molecule has 0 aliphatic heterocycles. The van der Waals surface area contributed by atoms with Crippen LogP contribution in [0.25, 0.3) is 0 Å². The average molecular weight is 425 g/mol. The van der Waals surface area contributed by atoms with Gasteiger partial charge >= 0.3 is 5.97 Å². The third-order valence-electron chi connectivity index (χ3n) is 5.28. The van der Waals surface area contributed by atoms with Gasteiger partial charge in [-0.05, 0) is 51.5 Å². The van der Waals surface area contributed by atoms with Gasteiger partial charge in [0, 0.05) is 18.0 Å². The van der Waals surface area contributed by atoms with E-state index in [-0.39, 0.29) is 30.9 Å². The molecule has 0 fully saturated rings. The Kier molecular flexibility index (Phi) is 8.64. The molecule has 0 bridgehead atoms. The van der Waals surface area contributed by atoms with Crippen molar-refractivity contribution in [2.24, 2.45) is 5.92 Å². The minimum Gasteiger partial charge on any atom is -0.462 e. The van der Waals surface area contributed by atoms with Crippen molar-refractivity contribution >= 4 is 34.1 Å². The smallest absolute Gasteiger partial charge is 0.341 e. The van der Waals surface area contributed by atoms with Crippen LogP contribution in [0.15, 0.2) is 0 Å². The van der Waals surface area contributed by atoms with Gasteiger partial charge in [0.2, 0.25) is 0 Å². The fraction of sp³-hybridized carbons (Fsp3) is 0.667. The van der Waals surface area contributed by atoms with Crippen molar-refractivity contribution in [3.05, 3.63) is 16.0 Å². The highest BCUT2D eigenvalue weighted by Crippen LogP contribution is 2.40. The zero-order valence-corrected chi connectivity index (χ0v) is 19.0. The monoisotopic (exact) mass is 424 g/mol. The maximum Gasteiger partial charge on any atom is 0.341 e. The minimum absolute atomic E-state index is 0.0353. The predicted octanol–water partition coefficient (Wildman–Crippen LogP) is 1.37. The molecule has 0 radical (unpaired) electrons. The Morgan fingerprint density at radius 3 is 2.52 bits per heavy atom. The van der Waals surface area contributed by atoms with Gasteiger partial charge in [-0.1, -0.05) is 6.92 Å². The van der Waals surface area contributed by atoms with E-state index in [1.54, 1.807) is 11.8 Å². The van der Waals surface area contributed by atoms with Crippen LogP contribution >= 0.6 is 11.3 Å². The zero-order valence-electron chi connectivity index (χ0n) is 18.2. The Bertz CT molecular complexity index is 743. The first-order valence-corrected chi connectivity index (χ1v) is 11.3. The van der Waals surface area contributed by atoms with Crippen LogP contribution in [0.1, 0.15) is 54.9 Å². The average Bonchev–Trinajstić information content (AvgIpc) is 2.99. The number of esters is 1. The van der Waals surface area contributed by atoms with Crippen molar-refractivity contribution < 1.29 is 24.0 Å². The maximum atomic E-state index is 12.6. The van der Waals surface area contributed by atoms with Crippen LogP contribution in [0.3, 0.4) is 0 Å². The van der Waals surface area contributed by atoms with E-state index in [0.29, 0.717) is 36.2 Å². The molecule has 1 aliphatic carbocycles. The van der Waals surface area contributed by atoms with E-state index in [9.17, 15) is 14.4 Å². The van der Waals surface area contributed by atoms with E-state index in [4.69, 9.17) is 4.74 Å². The summed E-state index contributed by atoms with van der Waals surface area (Å²) in [7, 11) is 1.83. The number of ether oxygens (including phenoxy) is 1. The lowest BCUT2D eigenvalue weighted by atomic mass is 9.88. The molecule has 8 heteroatoms. The van der Waals surface area contributed by atoms with Crippen molar-refractivity contribution in [1.29, 1.82) is 0 Å². The molecule has 2 atom stereocenters. The lowest BCUT2D eigenvalue weighted by molar-refractivity contribution is -0.862. The molecule has 0 saturated carbocycles. The molecule has 2 rings (SSSR count). The summed E-state index contributed by atoms with van der Waals surface area (Å²) in [5.41, 5.74) is 1.54. The highest BCUT2D eigenvalue weighted by molar-refractivity contribution is 7.17. The summed E-state index contributed by atoms with van der Waals surface area (Å²) < 4.78 is 5.25. The predicted molar refractivity (Wildman–Crippen MR) is 115 cm³/mol. The molecular weight excluding hydrogens is 390 g/mol. The molecule has 7 nitrogen and oxygen atoms in total. The molecule has 2 amide bonds. The van der Waals surface area contributed by atoms with Crippen molar-refractivity contribution in [3.8, 4) is 0 Å². The van der Waals surface area contributed by atoms with Crippen molar-refractivity contribution in [2.45, 2.75) is 47.0 Å². The van der Waals surface area contributed by atoms with E-state index >= 15 is 0 Å². The second kappa shape index (κ2) is 10.7. The molecule has 1 heterocycles. The number of nitrogens with zero attached hydrogens (tertiary/aromatic N) is 1. The van der Waals surface area contributed by atoms with Crippen LogP contribution in [-0.2, 0) is 27.2 Å². The normalized spacial score (nSPS) is 16.7. The van der Waals surface area contributed by atoms with Crippen LogP contribution in [0.5, 0.6) is 0 Å². The summed E-state index contributed by atoms with van der Waals surface area (Å²) in [5, 5.41) is 3.50. The second-order valence-corrected chi connectivity index (χ2v) is 8.81. The molecule has 1 aromatic rings. The van der Waals surface area contributed by atoms with Gasteiger partial charge < -0.3 is 19.9 Å². The highest BCUT2D eigenvalue weighted by Gasteiger charge is 2.29. The van der Waals surface area contributed by atoms with Crippen molar-refractivity contribution in [3.63, 3.8) is 0 Å². The molecule has 1 unspecified atom stereocenters. The fourth-order valence-corrected chi connectivity index (χ4v) is 5.13. The Labute approximate surface area is 177 Å². The number of hydrogen-bond donors (Lipinski definition) is 2. The van der Waals surface area contributed by atoms with Gasteiger partial charge in [0.1, 0.15) is 5.00 Å². The summed E-state index contributed by atoms with van der Waals surface area (Å²) >= 11 is 1.48. The molecule has 0 saturated heterocycles. The number of anilines is 1. The van der Waals surface area contributed by atoms with E-state index < -0.39 is 0 Å². The second-order valence-electron chi connectivity index (χ2n) is 7.70. The number of amides is 2. The minimum atomic E-state index is -0.368.